The zero-order valence-electron chi connectivity index (χ0n) is 24.0. The first-order valence-corrected chi connectivity index (χ1v) is 16.0. The Labute approximate surface area is 262 Å². The highest BCUT2D eigenvalue weighted by atomic mass is 35.5. The maximum atomic E-state index is 14.6. The Morgan fingerprint density at radius 2 is 1.91 bits per heavy atom. The fourth-order valence-corrected chi connectivity index (χ4v) is 6.98. The Balaban J connectivity index is 1.26. The predicted molar refractivity (Wildman–Crippen MR) is 166 cm³/mol. The van der Waals surface area contributed by atoms with Gasteiger partial charge in [-0.25, -0.2) is 9.55 Å². The van der Waals surface area contributed by atoms with Crippen LogP contribution in [0.15, 0.2) is 79.1 Å². The molecule has 0 aliphatic carbocycles. The van der Waals surface area contributed by atoms with E-state index in [4.69, 9.17) is 35.9 Å². The third-order valence-corrected chi connectivity index (χ3v) is 9.12. The van der Waals surface area contributed by atoms with E-state index >= 15 is 0 Å². The lowest BCUT2D eigenvalue weighted by atomic mass is 10.1. The van der Waals surface area contributed by atoms with Gasteiger partial charge in [0.05, 0.1) is 12.9 Å². The van der Waals surface area contributed by atoms with Gasteiger partial charge in [0, 0.05) is 11.8 Å². The van der Waals surface area contributed by atoms with Crippen LogP contribution in [0.5, 0.6) is 5.75 Å². The highest BCUT2D eigenvalue weighted by molar-refractivity contribution is 7.52. The molecule has 0 amide bonds. The second-order valence-corrected chi connectivity index (χ2v) is 12.4. The van der Waals surface area contributed by atoms with Crippen molar-refractivity contribution < 1.29 is 33.0 Å². The maximum absolute atomic E-state index is 14.6. The SMILES string of the molecule is C[C@H](NP(=O)(Oc1cccc2ccccc12)O[C@@H]1C[C@H](n2cnc3c(N)nc(Cl)nc32)O[C@@H]1CO)C(=O)OCc1ccccc1. The first kappa shape index (κ1) is 30.9. The number of nitrogens with two attached hydrogens (primary N) is 1. The van der Waals surface area contributed by atoms with E-state index in [0.29, 0.717) is 16.6 Å². The summed E-state index contributed by atoms with van der Waals surface area (Å²) < 4.78 is 39.9. The number of benzene rings is 3. The van der Waals surface area contributed by atoms with Gasteiger partial charge in [-0.05, 0) is 35.5 Å². The Kier molecular flexibility index (Phi) is 8.99. The third-order valence-electron chi connectivity index (χ3n) is 7.26. The summed E-state index contributed by atoms with van der Waals surface area (Å²) in [6, 6.07) is 20.8. The quantitative estimate of drug-likeness (QED) is 0.101. The number of imidazole rings is 1. The van der Waals surface area contributed by atoms with Crippen molar-refractivity contribution in [3.63, 3.8) is 0 Å². The van der Waals surface area contributed by atoms with Gasteiger partial charge in [-0.3, -0.25) is 13.9 Å². The Morgan fingerprint density at radius 3 is 2.71 bits per heavy atom. The zero-order valence-corrected chi connectivity index (χ0v) is 25.7. The standard InChI is InChI=1S/C30H30ClN6O7P/c1-18(29(39)41-16-19-8-3-2-4-9-19)36-45(40,43-22-13-7-11-20-10-5-6-12-21(20)22)44-23-14-25(42-24(23)15-38)37-17-33-26-27(32)34-30(31)35-28(26)37/h2-13,17-18,23-25,38H,14-16H2,1H3,(H,36,40)(H2,32,34,35)/t18-,23+,24+,25+,45?/m0/s1. The molecule has 2 aromatic heterocycles. The van der Waals surface area contributed by atoms with E-state index in [0.717, 1.165) is 10.9 Å². The number of nitrogens with zero attached hydrogens (tertiary/aromatic N) is 4. The Hall–Kier alpha value is -4.10. The molecule has 4 N–H and O–H groups in total. The van der Waals surface area contributed by atoms with Crippen LogP contribution in [0.4, 0.5) is 5.82 Å². The summed E-state index contributed by atoms with van der Waals surface area (Å²) in [5.74, 6) is -0.298. The molecule has 6 rings (SSSR count). The smallest absolute Gasteiger partial charge is 0.459 e. The number of nitrogens with one attached hydrogen (secondary N) is 1. The molecule has 5 aromatic rings. The Morgan fingerprint density at radius 1 is 1.16 bits per heavy atom. The van der Waals surface area contributed by atoms with E-state index in [1.807, 2.05) is 60.7 Å². The largest absolute Gasteiger partial charge is 0.460 e. The van der Waals surface area contributed by atoms with Crippen LogP contribution in [0.1, 0.15) is 25.1 Å². The number of rotatable bonds is 11. The van der Waals surface area contributed by atoms with Gasteiger partial charge in [-0.2, -0.15) is 15.1 Å². The van der Waals surface area contributed by atoms with Gasteiger partial charge in [0.1, 0.15) is 42.4 Å². The molecular formula is C30H30ClN6O7P. The molecule has 1 saturated heterocycles. The highest BCUT2D eigenvalue weighted by Gasteiger charge is 2.44. The molecule has 5 atom stereocenters. The van der Waals surface area contributed by atoms with Crippen LogP contribution >= 0.6 is 19.3 Å². The lowest BCUT2D eigenvalue weighted by Crippen LogP contribution is -2.37. The average Bonchev–Trinajstić information content (AvgIpc) is 3.64. The number of carbonyl (C=O) groups is 1. The summed E-state index contributed by atoms with van der Waals surface area (Å²) in [5.41, 5.74) is 7.39. The van der Waals surface area contributed by atoms with Gasteiger partial charge in [0.25, 0.3) is 0 Å². The van der Waals surface area contributed by atoms with Crippen molar-refractivity contribution in [2.75, 3.05) is 12.3 Å². The number of aromatic nitrogens is 4. The van der Waals surface area contributed by atoms with Gasteiger partial charge in [0.2, 0.25) is 5.28 Å². The summed E-state index contributed by atoms with van der Waals surface area (Å²) in [4.78, 5) is 25.4. The number of aliphatic hydroxyl groups is 1. The van der Waals surface area contributed by atoms with Crippen LogP contribution in [-0.2, 0) is 30.0 Å². The van der Waals surface area contributed by atoms with E-state index in [-0.39, 0.29) is 29.9 Å². The molecule has 15 heteroatoms. The second kappa shape index (κ2) is 13.1. The summed E-state index contributed by atoms with van der Waals surface area (Å²) in [6.45, 7) is 1.07. The number of hydrogen-bond acceptors (Lipinski definition) is 11. The zero-order chi connectivity index (χ0) is 31.6. The lowest BCUT2D eigenvalue weighted by Gasteiger charge is -2.27. The molecule has 0 spiro atoms. The average molecular weight is 653 g/mol. The molecule has 0 saturated carbocycles. The van der Waals surface area contributed by atoms with Crippen LogP contribution in [0.25, 0.3) is 21.9 Å². The van der Waals surface area contributed by atoms with E-state index in [2.05, 4.69) is 20.0 Å². The topological polar surface area (TPSA) is 173 Å². The predicted octanol–water partition coefficient (Wildman–Crippen LogP) is 4.79. The van der Waals surface area contributed by atoms with Crippen molar-refractivity contribution in [3.8, 4) is 5.75 Å². The van der Waals surface area contributed by atoms with Crippen molar-refractivity contribution >= 4 is 53.1 Å². The third kappa shape index (κ3) is 6.79. The fraction of sp³-hybridized carbons (Fsp3) is 0.267. The van der Waals surface area contributed by atoms with Gasteiger partial charge in [-0.15, -0.1) is 0 Å². The number of carbonyl (C=O) groups excluding carboxylic acids is 1. The van der Waals surface area contributed by atoms with Crippen molar-refractivity contribution in [1.29, 1.82) is 0 Å². The molecular weight excluding hydrogens is 623 g/mol. The number of esters is 1. The molecule has 3 aromatic carbocycles. The molecule has 45 heavy (non-hydrogen) atoms. The van der Waals surface area contributed by atoms with E-state index in [9.17, 15) is 14.5 Å². The fourth-order valence-electron chi connectivity index (χ4n) is 5.07. The van der Waals surface area contributed by atoms with Crippen molar-refractivity contribution in [1.82, 2.24) is 24.6 Å². The summed E-state index contributed by atoms with van der Waals surface area (Å²) >= 11 is 6.03. The minimum Gasteiger partial charge on any atom is -0.460 e. The second-order valence-electron chi connectivity index (χ2n) is 10.4. The number of halogens is 1. The van der Waals surface area contributed by atoms with Crippen molar-refractivity contribution in [2.45, 2.75) is 44.4 Å². The summed E-state index contributed by atoms with van der Waals surface area (Å²) in [7, 11) is -4.35. The molecule has 3 heterocycles. The number of anilines is 1. The molecule has 0 bridgehead atoms. The number of hydrogen-bond donors (Lipinski definition) is 3. The van der Waals surface area contributed by atoms with Gasteiger partial charge < -0.3 is 24.8 Å². The van der Waals surface area contributed by atoms with Crippen LogP contribution < -0.4 is 15.3 Å². The molecule has 13 nitrogen and oxygen atoms in total. The van der Waals surface area contributed by atoms with Crippen LogP contribution in [0.3, 0.4) is 0 Å². The number of ether oxygens (including phenoxy) is 2. The number of nitrogen functional groups attached to an aromatic ring is 1. The van der Waals surface area contributed by atoms with Gasteiger partial charge in [-0.1, -0.05) is 66.7 Å². The minimum absolute atomic E-state index is 0.0305. The van der Waals surface area contributed by atoms with Crippen LogP contribution in [0, 0.1) is 0 Å². The first-order valence-electron chi connectivity index (χ1n) is 14.1. The molecule has 1 aliphatic heterocycles. The molecule has 234 valence electrons. The van der Waals surface area contributed by atoms with E-state index in [1.165, 1.54) is 13.3 Å². The van der Waals surface area contributed by atoms with Gasteiger partial charge >= 0.3 is 13.7 Å². The minimum atomic E-state index is -4.35. The molecule has 1 unspecified atom stereocenters. The first-order chi connectivity index (χ1) is 21.7. The summed E-state index contributed by atoms with van der Waals surface area (Å²) in [5, 5.41) is 14.4. The normalized spacial score (nSPS) is 20.2. The Bertz CT molecular complexity index is 1870. The highest BCUT2D eigenvalue weighted by Crippen LogP contribution is 2.50. The number of aliphatic hydroxyl groups excluding tert-OH is 1. The lowest BCUT2D eigenvalue weighted by molar-refractivity contribution is -0.146. The number of fused-ring (bicyclic) bond motifs is 2. The molecule has 1 fully saturated rings. The van der Waals surface area contributed by atoms with Crippen LogP contribution in [0.2, 0.25) is 5.28 Å². The van der Waals surface area contributed by atoms with Crippen molar-refractivity contribution in [3.05, 3.63) is 90.0 Å². The van der Waals surface area contributed by atoms with E-state index < -0.39 is 44.8 Å². The maximum Gasteiger partial charge on any atom is 0.459 e. The summed E-state index contributed by atoms with van der Waals surface area (Å²) in [6.07, 6.45) is -1.05. The van der Waals surface area contributed by atoms with Crippen molar-refractivity contribution in [2.24, 2.45) is 0 Å². The molecule has 0 radical (unpaired) electrons. The molecule has 1 aliphatic rings. The van der Waals surface area contributed by atoms with E-state index in [1.54, 1.807) is 16.7 Å². The van der Waals surface area contributed by atoms with Gasteiger partial charge in [0.15, 0.2) is 11.5 Å². The van der Waals surface area contributed by atoms with Crippen LogP contribution in [-0.4, -0.2) is 55.5 Å². The monoisotopic (exact) mass is 652 g/mol.